The minimum absolute atomic E-state index is 0.0223. The van der Waals surface area contributed by atoms with E-state index in [1.54, 1.807) is 0 Å². The monoisotopic (exact) mass is 293 g/mol. The third-order valence-electron chi connectivity index (χ3n) is 4.13. The maximum atomic E-state index is 12.7. The molecule has 112 valence electrons. The Labute approximate surface area is 130 Å². The van der Waals surface area contributed by atoms with Crippen LogP contribution in [-0.2, 0) is 11.2 Å². The molecular weight excluding hydrogens is 274 g/mol. The molecule has 1 saturated heterocycles. The van der Waals surface area contributed by atoms with Gasteiger partial charge in [-0.05, 0) is 24.1 Å². The normalized spacial score (nSPS) is 18.3. The molecule has 0 spiro atoms. The van der Waals surface area contributed by atoms with Crippen LogP contribution in [0.3, 0.4) is 0 Å². The average Bonchev–Trinajstić information content (AvgIpc) is 2.56. The largest absolute Gasteiger partial charge is 0.334 e. The summed E-state index contributed by atoms with van der Waals surface area (Å²) in [5, 5.41) is 0. The minimum atomic E-state index is -0.0450. The Balaban J connectivity index is 1.81. The highest BCUT2D eigenvalue weighted by Gasteiger charge is 2.31. The van der Waals surface area contributed by atoms with Crippen molar-refractivity contribution in [3.05, 3.63) is 71.8 Å². The van der Waals surface area contributed by atoms with Gasteiger partial charge in [0.15, 0.2) is 0 Å². The van der Waals surface area contributed by atoms with Crippen LogP contribution in [-0.4, -0.2) is 29.2 Å². The molecule has 0 bridgehead atoms. The van der Waals surface area contributed by atoms with Gasteiger partial charge in [-0.3, -0.25) is 9.59 Å². The second-order valence-corrected chi connectivity index (χ2v) is 5.70. The Morgan fingerprint density at radius 2 is 1.64 bits per heavy atom. The Kier molecular flexibility index (Phi) is 4.33. The number of hydrogen-bond donors (Lipinski definition) is 0. The van der Waals surface area contributed by atoms with Gasteiger partial charge in [0, 0.05) is 31.0 Å². The number of Topliss-reactive ketones (excluding diaryl/α,β-unsaturated/α-hetero) is 1. The molecule has 2 aromatic carbocycles. The molecule has 0 aliphatic carbocycles. The van der Waals surface area contributed by atoms with Gasteiger partial charge in [0.25, 0.3) is 5.91 Å². The van der Waals surface area contributed by atoms with E-state index in [-0.39, 0.29) is 17.7 Å². The zero-order valence-electron chi connectivity index (χ0n) is 12.4. The molecule has 1 atom stereocenters. The predicted molar refractivity (Wildman–Crippen MR) is 85.7 cm³/mol. The second kappa shape index (κ2) is 6.56. The molecule has 0 saturated carbocycles. The Hall–Kier alpha value is -2.42. The van der Waals surface area contributed by atoms with Crippen LogP contribution < -0.4 is 0 Å². The van der Waals surface area contributed by atoms with Crippen LogP contribution in [0.25, 0.3) is 0 Å². The first kappa shape index (κ1) is 14.5. The summed E-state index contributed by atoms with van der Waals surface area (Å²) in [6, 6.07) is 19.3. The standard InChI is InChI=1S/C19H19NO2/c21-18-11-12-20(19(22)16-9-5-2-6-10-16)17(14-18)13-15-7-3-1-4-8-15/h1-10,17H,11-14H2. The van der Waals surface area contributed by atoms with Crippen molar-refractivity contribution in [2.24, 2.45) is 0 Å². The molecule has 3 nitrogen and oxygen atoms in total. The molecule has 22 heavy (non-hydrogen) atoms. The molecule has 1 fully saturated rings. The fourth-order valence-corrected chi connectivity index (χ4v) is 2.99. The van der Waals surface area contributed by atoms with Gasteiger partial charge in [0.1, 0.15) is 5.78 Å². The maximum Gasteiger partial charge on any atom is 0.254 e. The van der Waals surface area contributed by atoms with E-state index >= 15 is 0 Å². The lowest BCUT2D eigenvalue weighted by atomic mass is 9.94. The van der Waals surface area contributed by atoms with Gasteiger partial charge >= 0.3 is 0 Å². The third-order valence-corrected chi connectivity index (χ3v) is 4.13. The SMILES string of the molecule is O=C1CCN(C(=O)c2ccccc2)C(Cc2ccccc2)C1. The van der Waals surface area contributed by atoms with Crippen molar-refractivity contribution >= 4 is 11.7 Å². The fraction of sp³-hybridized carbons (Fsp3) is 0.263. The van der Waals surface area contributed by atoms with Crippen LogP contribution in [0.1, 0.15) is 28.8 Å². The molecule has 1 amide bonds. The Bertz CT molecular complexity index is 652. The summed E-state index contributed by atoms with van der Waals surface area (Å²) in [5.74, 6) is 0.270. The summed E-state index contributed by atoms with van der Waals surface area (Å²) in [6.07, 6.45) is 1.64. The van der Waals surface area contributed by atoms with E-state index in [1.165, 1.54) is 0 Å². The van der Waals surface area contributed by atoms with Crippen molar-refractivity contribution in [2.45, 2.75) is 25.3 Å². The summed E-state index contributed by atoms with van der Waals surface area (Å²) in [6.45, 7) is 0.518. The van der Waals surface area contributed by atoms with Gasteiger partial charge in [0.05, 0.1) is 0 Å². The first-order valence-electron chi connectivity index (χ1n) is 7.65. The number of amides is 1. The van der Waals surface area contributed by atoms with Gasteiger partial charge in [-0.2, -0.15) is 0 Å². The molecule has 0 N–H and O–H groups in total. The molecule has 3 rings (SSSR count). The summed E-state index contributed by atoms with van der Waals surface area (Å²) in [4.78, 5) is 26.4. The van der Waals surface area contributed by atoms with Gasteiger partial charge in [-0.1, -0.05) is 48.5 Å². The zero-order chi connectivity index (χ0) is 15.4. The van der Waals surface area contributed by atoms with E-state index in [1.807, 2.05) is 65.6 Å². The van der Waals surface area contributed by atoms with Crippen LogP contribution in [0.15, 0.2) is 60.7 Å². The molecule has 3 heteroatoms. The Morgan fingerprint density at radius 1 is 1.00 bits per heavy atom. The highest BCUT2D eigenvalue weighted by Crippen LogP contribution is 2.21. The van der Waals surface area contributed by atoms with Crippen molar-refractivity contribution < 1.29 is 9.59 Å². The van der Waals surface area contributed by atoms with E-state index in [0.29, 0.717) is 24.9 Å². The predicted octanol–water partition coefficient (Wildman–Crippen LogP) is 3.10. The second-order valence-electron chi connectivity index (χ2n) is 5.70. The fourth-order valence-electron chi connectivity index (χ4n) is 2.99. The first-order chi connectivity index (χ1) is 10.7. The number of rotatable bonds is 3. The van der Waals surface area contributed by atoms with E-state index in [2.05, 4.69) is 0 Å². The van der Waals surface area contributed by atoms with Crippen LogP contribution in [0.4, 0.5) is 0 Å². The van der Waals surface area contributed by atoms with Crippen LogP contribution in [0.5, 0.6) is 0 Å². The molecule has 1 aliphatic heterocycles. The van der Waals surface area contributed by atoms with Gasteiger partial charge in [0.2, 0.25) is 0 Å². The summed E-state index contributed by atoms with van der Waals surface area (Å²) in [7, 11) is 0. The van der Waals surface area contributed by atoms with E-state index in [9.17, 15) is 9.59 Å². The minimum Gasteiger partial charge on any atom is -0.334 e. The van der Waals surface area contributed by atoms with Gasteiger partial charge in [-0.25, -0.2) is 0 Å². The molecule has 1 heterocycles. The number of piperidine rings is 1. The lowest BCUT2D eigenvalue weighted by Gasteiger charge is -2.35. The summed E-state index contributed by atoms with van der Waals surface area (Å²) < 4.78 is 0. The summed E-state index contributed by atoms with van der Waals surface area (Å²) >= 11 is 0. The highest BCUT2D eigenvalue weighted by atomic mass is 16.2. The van der Waals surface area contributed by atoms with Crippen molar-refractivity contribution in [2.75, 3.05) is 6.54 Å². The lowest BCUT2D eigenvalue weighted by molar-refractivity contribution is -0.122. The molecule has 0 aromatic heterocycles. The number of carbonyl (C=O) groups is 2. The molecule has 1 aliphatic rings. The maximum absolute atomic E-state index is 12.7. The van der Waals surface area contributed by atoms with E-state index < -0.39 is 0 Å². The van der Waals surface area contributed by atoms with Crippen LogP contribution in [0, 0.1) is 0 Å². The lowest BCUT2D eigenvalue weighted by Crippen LogP contribution is -2.47. The zero-order valence-corrected chi connectivity index (χ0v) is 12.4. The molecule has 1 unspecified atom stereocenters. The van der Waals surface area contributed by atoms with Crippen LogP contribution >= 0.6 is 0 Å². The molecule has 0 radical (unpaired) electrons. The van der Waals surface area contributed by atoms with Gasteiger partial charge in [-0.15, -0.1) is 0 Å². The quantitative estimate of drug-likeness (QED) is 0.872. The van der Waals surface area contributed by atoms with Crippen molar-refractivity contribution in [3.63, 3.8) is 0 Å². The number of nitrogens with zero attached hydrogens (tertiary/aromatic N) is 1. The number of carbonyl (C=O) groups excluding carboxylic acids is 2. The smallest absolute Gasteiger partial charge is 0.254 e. The highest BCUT2D eigenvalue weighted by molar-refractivity contribution is 5.95. The van der Waals surface area contributed by atoms with Crippen molar-refractivity contribution in [3.8, 4) is 0 Å². The van der Waals surface area contributed by atoms with Crippen molar-refractivity contribution in [1.29, 1.82) is 0 Å². The van der Waals surface area contributed by atoms with Crippen LogP contribution in [0.2, 0.25) is 0 Å². The Morgan fingerprint density at radius 3 is 2.32 bits per heavy atom. The average molecular weight is 293 g/mol. The molecular formula is C19H19NO2. The topological polar surface area (TPSA) is 37.4 Å². The van der Waals surface area contributed by atoms with Gasteiger partial charge < -0.3 is 4.90 Å². The number of likely N-dealkylation sites (tertiary alicyclic amines) is 1. The summed E-state index contributed by atoms with van der Waals surface area (Å²) in [5.41, 5.74) is 1.85. The molecule has 2 aromatic rings. The number of hydrogen-bond acceptors (Lipinski definition) is 2. The van der Waals surface area contributed by atoms with E-state index in [0.717, 1.165) is 12.0 Å². The third kappa shape index (κ3) is 3.25. The number of benzene rings is 2. The van der Waals surface area contributed by atoms with Crippen molar-refractivity contribution in [1.82, 2.24) is 4.90 Å². The number of ketones is 1. The van der Waals surface area contributed by atoms with E-state index in [4.69, 9.17) is 0 Å². The first-order valence-corrected chi connectivity index (χ1v) is 7.65.